The van der Waals surface area contributed by atoms with Gasteiger partial charge in [-0.15, -0.1) is 0 Å². The van der Waals surface area contributed by atoms with Crippen molar-refractivity contribution >= 4 is 17.4 Å². The first-order valence-electron chi connectivity index (χ1n) is 6.25. The van der Waals surface area contributed by atoms with E-state index in [0.717, 1.165) is 28.4 Å². The Hall–Kier alpha value is -2.05. The van der Waals surface area contributed by atoms with Gasteiger partial charge in [-0.2, -0.15) is 0 Å². The van der Waals surface area contributed by atoms with Gasteiger partial charge in [0.15, 0.2) is 0 Å². The van der Waals surface area contributed by atoms with Crippen LogP contribution in [0.5, 0.6) is 0 Å². The smallest absolute Gasteiger partial charge is 0.332 e. The molecule has 1 rings (SSSR count). The van der Waals surface area contributed by atoms with E-state index in [1.54, 1.807) is 0 Å². The second kappa shape index (κ2) is 6.21. The van der Waals surface area contributed by atoms with E-state index in [4.69, 9.17) is 5.73 Å². The van der Waals surface area contributed by atoms with Crippen molar-refractivity contribution in [2.75, 3.05) is 11.1 Å². The van der Waals surface area contributed by atoms with Crippen molar-refractivity contribution in [2.24, 2.45) is 14.1 Å². The van der Waals surface area contributed by atoms with E-state index in [1.165, 1.54) is 14.1 Å². The molecular formula is C12H20N4O3. The number of nitrogens with one attached hydrogen (secondary N) is 1. The van der Waals surface area contributed by atoms with Gasteiger partial charge in [0.05, 0.1) is 0 Å². The molecule has 7 nitrogen and oxygen atoms in total. The zero-order valence-electron chi connectivity index (χ0n) is 11.5. The number of rotatable bonds is 5. The van der Waals surface area contributed by atoms with Crippen LogP contribution in [0, 0.1) is 0 Å². The molecule has 0 bridgehead atoms. The highest BCUT2D eigenvalue weighted by Crippen LogP contribution is 2.10. The molecule has 0 aliphatic rings. The van der Waals surface area contributed by atoms with E-state index >= 15 is 0 Å². The molecule has 0 unspecified atom stereocenters. The van der Waals surface area contributed by atoms with Gasteiger partial charge in [0.2, 0.25) is 5.91 Å². The number of carbonyl (C=O) groups is 1. The molecule has 1 amide bonds. The molecule has 0 spiro atoms. The SMILES string of the molecule is CCCCCC(=O)Nc1c(N)n(C)c(=O)n(C)c1=O. The molecule has 0 saturated heterocycles. The number of anilines is 2. The average molecular weight is 268 g/mol. The fourth-order valence-electron chi connectivity index (χ4n) is 1.71. The highest BCUT2D eigenvalue weighted by Gasteiger charge is 2.15. The zero-order valence-corrected chi connectivity index (χ0v) is 11.5. The first-order chi connectivity index (χ1) is 8.90. The first-order valence-corrected chi connectivity index (χ1v) is 6.25. The second-order valence-corrected chi connectivity index (χ2v) is 4.47. The third-order valence-electron chi connectivity index (χ3n) is 2.98. The number of carbonyl (C=O) groups excluding carboxylic acids is 1. The van der Waals surface area contributed by atoms with Crippen LogP contribution in [-0.2, 0) is 18.9 Å². The van der Waals surface area contributed by atoms with Crippen LogP contribution in [0.1, 0.15) is 32.6 Å². The van der Waals surface area contributed by atoms with Crippen LogP contribution in [-0.4, -0.2) is 15.0 Å². The molecule has 0 atom stereocenters. The van der Waals surface area contributed by atoms with Gasteiger partial charge in [-0.3, -0.25) is 18.7 Å². The summed E-state index contributed by atoms with van der Waals surface area (Å²) in [6.07, 6.45) is 3.05. The van der Waals surface area contributed by atoms with Gasteiger partial charge in [-0.1, -0.05) is 19.8 Å². The van der Waals surface area contributed by atoms with Crippen molar-refractivity contribution in [1.29, 1.82) is 0 Å². The van der Waals surface area contributed by atoms with Crippen molar-refractivity contribution in [3.05, 3.63) is 20.8 Å². The molecule has 0 aromatic carbocycles. The van der Waals surface area contributed by atoms with Crippen LogP contribution in [0.2, 0.25) is 0 Å². The molecule has 0 saturated carbocycles. The number of nitrogen functional groups attached to an aromatic ring is 1. The third kappa shape index (κ3) is 3.24. The lowest BCUT2D eigenvalue weighted by atomic mass is 10.2. The van der Waals surface area contributed by atoms with E-state index < -0.39 is 11.2 Å². The molecule has 0 aliphatic carbocycles. The highest BCUT2D eigenvalue weighted by atomic mass is 16.2. The molecular weight excluding hydrogens is 248 g/mol. The van der Waals surface area contributed by atoms with Crippen LogP contribution in [0.3, 0.4) is 0 Å². The van der Waals surface area contributed by atoms with E-state index in [2.05, 4.69) is 5.32 Å². The summed E-state index contributed by atoms with van der Waals surface area (Å²) in [5, 5.41) is 2.49. The summed E-state index contributed by atoms with van der Waals surface area (Å²) in [6, 6.07) is 0. The maximum Gasteiger partial charge on any atom is 0.332 e. The number of hydrogen-bond acceptors (Lipinski definition) is 4. The Kier molecular flexibility index (Phi) is 4.91. The number of hydrogen-bond donors (Lipinski definition) is 2. The van der Waals surface area contributed by atoms with Gasteiger partial charge < -0.3 is 11.1 Å². The topological polar surface area (TPSA) is 99.1 Å². The molecule has 0 radical (unpaired) electrons. The quantitative estimate of drug-likeness (QED) is 0.744. The normalized spacial score (nSPS) is 10.5. The Morgan fingerprint density at radius 2 is 1.84 bits per heavy atom. The predicted octanol–water partition coefficient (Wildman–Crippen LogP) is 0.185. The predicted molar refractivity (Wildman–Crippen MR) is 74.1 cm³/mol. The molecule has 19 heavy (non-hydrogen) atoms. The van der Waals surface area contributed by atoms with Gasteiger partial charge in [0, 0.05) is 20.5 Å². The Bertz CT molecular complexity index is 586. The molecule has 0 aliphatic heterocycles. The molecule has 1 aromatic heterocycles. The number of nitrogens with zero attached hydrogens (tertiary/aromatic N) is 2. The van der Waals surface area contributed by atoms with Crippen LogP contribution in [0.15, 0.2) is 9.59 Å². The van der Waals surface area contributed by atoms with E-state index in [1.807, 2.05) is 6.92 Å². The van der Waals surface area contributed by atoms with Crippen LogP contribution in [0.25, 0.3) is 0 Å². The van der Waals surface area contributed by atoms with Crippen molar-refractivity contribution in [3.8, 4) is 0 Å². The summed E-state index contributed by atoms with van der Waals surface area (Å²) in [6.45, 7) is 2.04. The van der Waals surface area contributed by atoms with Crippen molar-refractivity contribution in [3.63, 3.8) is 0 Å². The van der Waals surface area contributed by atoms with Gasteiger partial charge in [-0.25, -0.2) is 4.79 Å². The summed E-state index contributed by atoms with van der Waals surface area (Å²) in [5.74, 6) is -0.298. The van der Waals surface area contributed by atoms with Crippen LogP contribution >= 0.6 is 0 Å². The summed E-state index contributed by atoms with van der Waals surface area (Å²) in [4.78, 5) is 35.2. The Balaban J connectivity index is 3.00. The fraction of sp³-hybridized carbons (Fsp3) is 0.583. The van der Waals surface area contributed by atoms with E-state index in [0.29, 0.717) is 6.42 Å². The number of aromatic nitrogens is 2. The summed E-state index contributed by atoms with van der Waals surface area (Å²) < 4.78 is 2.04. The summed E-state index contributed by atoms with van der Waals surface area (Å²) in [7, 11) is 2.79. The molecule has 7 heteroatoms. The van der Waals surface area contributed by atoms with E-state index in [9.17, 15) is 14.4 Å². The zero-order chi connectivity index (χ0) is 14.6. The van der Waals surface area contributed by atoms with Gasteiger partial charge >= 0.3 is 5.69 Å². The molecule has 0 fully saturated rings. The second-order valence-electron chi connectivity index (χ2n) is 4.47. The first kappa shape index (κ1) is 15.0. The standard InChI is InChI=1S/C12H20N4O3/c1-4-5-6-7-8(17)14-9-10(13)15(2)12(19)16(3)11(9)18/h4-7,13H2,1-3H3,(H,14,17). The Morgan fingerprint density at radius 1 is 1.21 bits per heavy atom. The van der Waals surface area contributed by atoms with E-state index in [-0.39, 0.29) is 17.4 Å². The third-order valence-corrected chi connectivity index (χ3v) is 2.98. The van der Waals surface area contributed by atoms with Crippen molar-refractivity contribution < 1.29 is 4.79 Å². The van der Waals surface area contributed by atoms with Gasteiger partial charge in [-0.05, 0) is 6.42 Å². The van der Waals surface area contributed by atoms with Crippen LogP contribution in [0.4, 0.5) is 11.5 Å². The minimum atomic E-state index is -0.593. The van der Waals surface area contributed by atoms with Crippen molar-refractivity contribution in [1.82, 2.24) is 9.13 Å². The molecule has 106 valence electrons. The maximum atomic E-state index is 11.9. The molecule has 1 heterocycles. The number of nitrogens with two attached hydrogens (primary N) is 1. The van der Waals surface area contributed by atoms with Crippen LogP contribution < -0.4 is 22.3 Å². The Morgan fingerprint density at radius 3 is 2.42 bits per heavy atom. The molecule has 3 N–H and O–H groups in total. The maximum absolute atomic E-state index is 11.9. The minimum Gasteiger partial charge on any atom is -0.383 e. The average Bonchev–Trinajstić information content (AvgIpc) is 2.39. The highest BCUT2D eigenvalue weighted by molar-refractivity contribution is 5.92. The minimum absolute atomic E-state index is 0.0306. The monoisotopic (exact) mass is 268 g/mol. The lowest BCUT2D eigenvalue weighted by molar-refractivity contribution is -0.116. The lowest BCUT2D eigenvalue weighted by Crippen LogP contribution is -2.40. The molecule has 1 aromatic rings. The summed E-state index contributed by atoms with van der Waals surface area (Å²) >= 11 is 0. The Labute approximate surface area is 111 Å². The van der Waals surface area contributed by atoms with Gasteiger partial charge in [0.25, 0.3) is 5.56 Å². The summed E-state index contributed by atoms with van der Waals surface area (Å²) in [5.41, 5.74) is 4.54. The fourth-order valence-corrected chi connectivity index (χ4v) is 1.71. The van der Waals surface area contributed by atoms with Gasteiger partial charge in [0.1, 0.15) is 11.5 Å². The number of unbranched alkanes of at least 4 members (excludes halogenated alkanes) is 2. The van der Waals surface area contributed by atoms with Crippen molar-refractivity contribution in [2.45, 2.75) is 32.6 Å². The number of amides is 1. The largest absolute Gasteiger partial charge is 0.383 e. The lowest BCUT2D eigenvalue weighted by Gasteiger charge is -2.12.